The Balaban J connectivity index is 1.69. The highest BCUT2D eigenvalue weighted by Gasteiger charge is 2.42. The van der Waals surface area contributed by atoms with Crippen molar-refractivity contribution in [1.29, 1.82) is 0 Å². The van der Waals surface area contributed by atoms with Gasteiger partial charge in [0.15, 0.2) is 0 Å². The van der Waals surface area contributed by atoms with E-state index in [4.69, 9.17) is 0 Å². The molecule has 3 aromatic rings. The first kappa shape index (κ1) is 21.9. The summed E-state index contributed by atoms with van der Waals surface area (Å²) in [5.74, 6) is -1.61. The average Bonchev–Trinajstić information content (AvgIpc) is 3.04. The van der Waals surface area contributed by atoms with Gasteiger partial charge in [-0.05, 0) is 43.2 Å². The smallest absolute Gasteiger partial charge is 0.269 e. The monoisotopic (exact) mass is 443 g/mol. The van der Waals surface area contributed by atoms with Crippen molar-refractivity contribution in [1.82, 2.24) is 4.90 Å². The van der Waals surface area contributed by atoms with Crippen LogP contribution in [0.2, 0.25) is 0 Å². The molecule has 0 saturated heterocycles. The largest absolute Gasteiger partial charge is 0.324 e. The summed E-state index contributed by atoms with van der Waals surface area (Å²) in [4.78, 5) is 51.0. The summed E-state index contributed by atoms with van der Waals surface area (Å²) >= 11 is 0. The van der Waals surface area contributed by atoms with E-state index in [0.717, 1.165) is 16.0 Å². The van der Waals surface area contributed by atoms with Crippen LogP contribution in [0, 0.1) is 24.0 Å². The van der Waals surface area contributed by atoms with Gasteiger partial charge in [0.25, 0.3) is 17.5 Å². The molecule has 4 rings (SSSR count). The van der Waals surface area contributed by atoms with E-state index in [1.165, 1.54) is 24.3 Å². The van der Waals surface area contributed by atoms with Gasteiger partial charge in [0.1, 0.15) is 6.04 Å². The average molecular weight is 443 g/mol. The number of carbonyl (C=O) groups excluding carboxylic acids is 3. The predicted octanol–water partition coefficient (Wildman–Crippen LogP) is 4.06. The molecule has 3 amide bonds. The lowest BCUT2D eigenvalue weighted by molar-refractivity contribution is -0.384. The van der Waals surface area contributed by atoms with Gasteiger partial charge in [-0.25, -0.2) is 0 Å². The van der Waals surface area contributed by atoms with E-state index in [1.807, 2.05) is 26.0 Å². The van der Waals surface area contributed by atoms with E-state index in [-0.39, 0.29) is 23.2 Å². The number of nitrogens with zero attached hydrogens (tertiary/aromatic N) is 2. The second-order valence-corrected chi connectivity index (χ2v) is 7.98. The topological polar surface area (TPSA) is 110 Å². The van der Waals surface area contributed by atoms with Crippen LogP contribution in [0.4, 0.5) is 11.4 Å². The molecule has 3 aromatic carbocycles. The Morgan fingerprint density at radius 1 is 0.970 bits per heavy atom. The third-order valence-electron chi connectivity index (χ3n) is 5.66. The van der Waals surface area contributed by atoms with Crippen LogP contribution in [0.3, 0.4) is 0 Å². The third kappa shape index (κ3) is 4.23. The predicted molar refractivity (Wildman–Crippen MR) is 122 cm³/mol. The number of fused-ring (bicyclic) bond motifs is 1. The number of hydrogen-bond acceptors (Lipinski definition) is 5. The number of benzene rings is 3. The SMILES string of the molecule is Cc1ccc(NC(=O)[C@@H](Cc2ccc([N+](=O)[O-])cc2)N2C(=O)c3ccccc3C2=O)c(C)c1. The number of nitro benzene ring substituents is 1. The standard InChI is InChI=1S/C25H21N3O5/c1-15-7-12-21(16(2)13-15)26-23(29)22(14-17-8-10-18(11-9-17)28(32)33)27-24(30)19-5-3-4-6-20(19)25(27)31/h3-13,22H,14H2,1-2H3,(H,26,29)/t22-/m1/s1. The van der Waals surface area contributed by atoms with Crippen LogP contribution < -0.4 is 5.32 Å². The Bertz CT molecular complexity index is 1250. The second kappa shape index (κ2) is 8.66. The number of nitrogens with one attached hydrogen (secondary N) is 1. The van der Waals surface area contributed by atoms with Crippen molar-refractivity contribution in [3.63, 3.8) is 0 Å². The molecule has 8 nitrogen and oxygen atoms in total. The molecule has 0 aliphatic carbocycles. The number of amides is 3. The van der Waals surface area contributed by atoms with Gasteiger partial charge in [0, 0.05) is 24.2 Å². The van der Waals surface area contributed by atoms with Gasteiger partial charge >= 0.3 is 0 Å². The fraction of sp³-hybridized carbons (Fsp3) is 0.160. The Labute approximate surface area is 190 Å². The van der Waals surface area contributed by atoms with Gasteiger partial charge in [0.05, 0.1) is 16.1 Å². The first-order valence-corrected chi connectivity index (χ1v) is 10.3. The van der Waals surface area contributed by atoms with E-state index in [2.05, 4.69) is 5.32 Å². The van der Waals surface area contributed by atoms with Crippen molar-refractivity contribution in [3.05, 3.63) is 105 Å². The van der Waals surface area contributed by atoms with E-state index < -0.39 is 28.7 Å². The number of aryl methyl sites for hydroxylation is 2. The van der Waals surface area contributed by atoms with Gasteiger partial charge < -0.3 is 5.32 Å². The first-order valence-electron chi connectivity index (χ1n) is 10.3. The number of non-ortho nitro benzene ring substituents is 1. The molecule has 0 fully saturated rings. The van der Waals surface area contributed by atoms with Crippen LogP contribution in [0.15, 0.2) is 66.7 Å². The Morgan fingerprint density at radius 3 is 2.12 bits per heavy atom. The van der Waals surface area contributed by atoms with E-state index in [0.29, 0.717) is 11.3 Å². The zero-order valence-electron chi connectivity index (χ0n) is 18.1. The lowest BCUT2D eigenvalue weighted by Crippen LogP contribution is -2.48. The maximum atomic E-state index is 13.4. The molecule has 1 atom stereocenters. The van der Waals surface area contributed by atoms with Gasteiger partial charge in [-0.2, -0.15) is 0 Å². The lowest BCUT2D eigenvalue weighted by atomic mass is 10.0. The molecule has 166 valence electrons. The van der Waals surface area contributed by atoms with Crippen LogP contribution in [-0.2, 0) is 11.2 Å². The lowest BCUT2D eigenvalue weighted by Gasteiger charge is -2.26. The normalized spacial score (nSPS) is 13.6. The molecule has 8 heteroatoms. The Hall–Kier alpha value is -4.33. The van der Waals surface area contributed by atoms with Crippen molar-refractivity contribution >= 4 is 29.1 Å². The van der Waals surface area contributed by atoms with Crippen molar-refractivity contribution in [2.24, 2.45) is 0 Å². The van der Waals surface area contributed by atoms with E-state index in [1.54, 1.807) is 30.3 Å². The molecule has 33 heavy (non-hydrogen) atoms. The zero-order valence-corrected chi connectivity index (χ0v) is 18.1. The minimum absolute atomic E-state index is 0.0141. The van der Waals surface area contributed by atoms with Gasteiger partial charge in [-0.15, -0.1) is 0 Å². The number of hydrogen-bond donors (Lipinski definition) is 1. The van der Waals surface area contributed by atoms with Crippen LogP contribution in [-0.4, -0.2) is 33.6 Å². The van der Waals surface area contributed by atoms with Crippen molar-refractivity contribution in [3.8, 4) is 0 Å². The Morgan fingerprint density at radius 2 is 1.58 bits per heavy atom. The van der Waals surface area contributed by atoms with E-state index in [9.17, 15) is 24.5 Å². The summed E-state index contributed by atoms with van der Waals surface area (Å²) in [5, 5.41) is 13.8. The highest BCUT2D eigenvalue weighted by atomic mass is 16.6. The molecule has 1 N–H and O–H groups in total. The second-order valence-electron chi connectivity index (χ2n) is 7.98. The van der Waals surface area contributed by atoms with Crippen LogP contribution >= 0.6 is 0 Å². The fourth-order valence-electron chi connectivity index (χ4n) is 3.94. The third-order valence-corrected chi connectivity index (χ3v) is 5.66. The zero-order chi connectivity index (χ0) is 23.7. The number of anilines is 1. The number of imide groups is 1. The summed E-state index contributed by atoms with van der Waals surface area (Å²) in [6.07, 6.45) is 0.0141. The Kier molecular flexibility index (Phi) is 5.74. The molecule has 1 aliphatic heterocycles. The summed E-state index contributed by atoms with van der Waals surface area (Å²) < 4.78 is 0. The molecule has 0 spiro atoms. The van der Waals surface area contributed by atoms with Gasteiger partial charge in [-0.1, -0.05) is 42.0 Å². The molecule has 0 bridgehead atoms. The van der Waals surface area contributed by atoms with Gasteiger partial charge in [0.2, 0.25) is 5.91 Å². The summed E-state index contributed by atoms with van der Waals surface area (Å²) in [7, 11) is 0. The van der Waals surface area contributed by atoms with Crippen LogP contribution in [0.1, 0.15) is 37.4 Å². The molecule has 1 heterocycles. The summed E-state index contributed by atoms with van der Waals surface area (Å²) in [5.41, 5.74) is 3.45. The molecule has 0 aromatic heterocycles. The minimum Gasteiger partial charge on any atom is -0.324 e. The maximum absolute atomic E-state index is 13.4. The van der Waals surface area contributed by atoms with Crippen LogP contribution in [0.25, 0.3) is 0 Å². The molecule has 0 unspecified atom stereocenters. The summed E-state index contributed by atoms with van der Waals surface area (Å²) in [6.45, 7) is 3.80. The highest BCUT2D eigenvalue weighted by Crippen LogP contribution is 2.27. The van der Waals surface area contributed by atoms with Crippen LogP contribution in [0.5, 0.6) is 0 Å². The van der Waals surface area contributed by atoms with Crippen molar-refractivity contribution in [2.45, 2.75) is 26.3 Å². The van der Waals surface area contributed by atoms with Crippen molar-refractivity contribution < 1.29 is 19.3 Å². The molecule has 0 radical (unpaired) electrons. The maximum Gasteiger partial charge on any atom is 0.269 e. The highest BCUT2D eigenvalue weighted by molar-refractivity contribution is 6.23. The van der Waals surface area contributed by atoms with Crippen molar-refractivity contribution in [2.75, 3.05) is 5.32 Å². The summed E-state index contributed by atoms with van der Waals surface area (Å²) in [6, 6.07) is 16.5. The number of rotatable bonds is 6. The minimum atomic E-state index is -1.14. The molecular weight excluding hydrogens is 422 g/mol. The number of carbonyl (C=O) groups is 3. The first-order chi connectivity index (χ1) is 15.8. The number of nitro groups is 1. The molecule has 0 saturated carbocycles. The molecular formula is C25H21N3O5. The molecule has 1 aliphatic rings. The fourth-order valence-corrected chi connectivity index (χ4v) is 3.94. The quantitative estimate of drug-likeness (QED) is 0.351. The van der Waals surface area contributed by atoms with Gasteiger partial charge in [-0.3, -0.25) is 29.4 Å². The van der Waals surface area contributed by atoms with E-state index >= 15 is 0 Å².